The first-order valence-corrected chi connectivity index (χ1v) is 7.05. The van der Waals surface area contributed by atoms with E-state index in [1.54, 1.807) is 32.2 Å². The normalized spacial score (nSPS) is 10.3. The molecule has 2 aromatic rings. The monoisotopic (exact) mass is 301 g/mol. The summed E-state index contributed by atoms with van der Waals surface area (Å²) < 4.78 is 0. The summed E-state index contributed by atoms with van der Waals surface area (Å²) in [6.07, 6.45) is 1.60. The average molecular weight is 301 g/mol. The van der Waals surface area contributed by atoms with E-state index < -0.39 is 0 Å². The molecule has 116 valence electrons. The van der Waals surface area contributed by atoms with Gasteiger partial charge in [0.1, 0.15) is 11.6 Å². The van der Waals surface area contributed by atoms with Crippen LogP contribution in [0.15, 0.2) is 23.1 Å². The Labute approximate surface area is 128 Å². The molecule has 0 aliphatic heterocycles. The molecule has 1 amide bonds. The van der Waals surface area contributed by atoms with E-state index in [1.807, 2.05) is 6.92 Å². The van der Waals surface area contributed by atoms with Crippen molar-refractivity contribution >= 4 is 11.7 Å². The van der Waals surface area contributed by atoms with Gasteiger partial charge in [-0.05, 0) is 32.9 Å². The van der Waals surface area contributed by atoms with Crippen molar-refractivity contribution in [2.75, 3.05) is 18.4 Å². The first-order chi connectivity index (χ1) is 10.5. The van der Waals surface area contributed by atoms with Crippen molar-refractivity contribution < 1.29 is 4.79 Å². The molecule has 0 aromatic carbocycles. The van der Waals surface area contributed by atoms with Crippen LogP contribution in [0.4, 0.5) is 5.82 Å². The first-order valence-electron chi connectivity index (χ1n) is 7.05. The molecule has 0 saturated heterocycles. The van der Waals surface area contributed by atoms with Crippen molar-refractivity contribution in [3.63, 3.8) is 0 Å². The van der Waals surface area contributed by atoms with Crippen molar-refractivity contribution in [1.29, 1.82) is 0 Å². The lowest BCUT2D eigenvalue weighted by Gasteiger charge is -2.07. The molecule has 2 rings (SSSR count). The van der Waals surface area contributed by atoms with Crippen molar-refractivity contribution in [1.82, 2.24) is 20.3 Å². The number of H-pyrrole nitrogens is 1. The van der Waals surface area contributed by atoms with Crippen LogP contribution in [-0.4, -0.2) is 33.9 Å². The number of nitrogens with zero attached hydrogens (tertiary/aromatic N) is 2. The second-order valence-electron chi connectivity index (χ2n) is 4.86. The van der Waals surface area contributed by atoms with E-state index in [4.69, 9.17) is 0 Å². The third-order valence-corrected chi connectivity index (χ3v) is 3.24. The van der Waals surface area contributed by atoms with Gasteiger partial charge in [-0.15, -0.1) is 0 Å². The molecule has 2 heterocycles. The van der Waals surface area contributed by atoms with Crippen LogP contribution in [0.1, 0.15) is 18.2 Å². The Morgan fingerprint density at radius 3 is 2.68 bits per heavy atom. The SMILES string of the molecule is CCNC(=O)CNc1ccc(-c2nc(C)c(C)c(=O)[nH]2)cn1. The Morgan fingerprint density at radius 2 is 2.09 bits per heavy atom. The molecule has 0 bridgehead atoms. The number of amides is 1. The lowest BCUT2D eigenvalue weighted by atomic mass is 10.2. The third kappa shape index (κ3) is 3.69. The van der Waals surface area contributed by atoms with E-state index in [-0.39, 0.29) is 18.0 Å². The van der Waals surface area contributed by atoms with Crippen LogP contribution in [0, 0.1) is 13.8 Å². The van der Waals surface area contributed by atoms with Gasteiger partial charge in [0.25, 0.3) is 5.56 Å². The fraction of sp³-hybridized carbons (Fsp3) is 0.333. The van der Waals surface area contributed by atoms with Gasteiger partial charge in [0, 0.05) is 29.6 Å². The number of carbonyl (C=O) groups excluding carboxylic acids is 1. The highest BCUT2D eigenvalue weighted by molar-refractivity contribution is 5.80. The van der Waals surface area contributed by atoms with Gasteiger partial charge in [0.05, 0.1) is 6.54 Å². The van der Waals surface area contributed by atoms with Crippen molar-refractivity contribution in [2.24, 2.45) is 0 Å². The Kier molecular flexibility index (Phi) is 4.88. The average Bonchev–Trinajstić information content (AvgIpc) is 2.51. The number of pyridine rings is 1. The van der Waals surface area contributed by atoms with E-state index in [0.29, 0.717) is 35.0 Å². The number of hydrogen-bond donors (Lipinski definition) is 3. The van der Waals surface area contributed by atoms with E-state index in [2.05, 4.69) is 25.6 Å². The van der Waals surface area contributed by atoms with Crippen LogP contribution in [0.25, 0.3) is 11.4 Å². The van der Waals surface area contributed by atoms with Gasteiger partial charge in [-0.1, -0.05) is 0 Å². The number of aromatic amines is 1. The summed E-state index contributed by atoms with van der Waals surface area (Å²) in [4.78, 5) is 34.4. The molecule has 0 aliphatic carbocycles. The molecule has 0 aliphatic rings. The Morgan fingerprint density at radius 1 is 1.32 bits per heavy atom. The maximum atomic E-state index is 11.8. The summed E-state index contributed by atoms with van der Waals surface area (Å²) >= 11 is 0. The fourth-order valence-electron chi connectivity index (χ4n) is 1.85. The Bertz CT molecular complexity index is 722. The van der Waals surface area contributed by atoms with Gasteiger partial charge >= 0.3 is 0 Å². The van der Waals surface area contributed by atoms with E-state index in [9.17, 15) is 9.59 Å². The molecular formula is C15H19N5O2. The third-order valence-electron chi connectivity index (χ3n) is 3.24. The Balaban J connectivity index is 2.12. The molecule has 0 radical (unpaired) electrons. The number of hydrogen-bond acceptors (Lipinski definition) is 5. The van der Waals surface area contributed by atoms with Crippen molar-refractivity contribution in [3.8, 4) is 11.4 Å². The van der Waals surface area contributed by atoms with Crippen LogP contribution in [-0.2, 0) is 4.79 Å². The maximum Gasteiger partial charge on any atom is 0.254 e. The standard InChI is InChI=1S/C15H19N5O2/c1-4-16-13(21)8-18-12-6-5-11(7-17-12)14-19-10(3)9(2)15(22)20-14/h5-7H,4,8H2,1-3H3,(H,16,21)(H,17,18)(H,19,20,22). The van der Waals surface area contributed by atoms with Crippen LogP contribution < -0.4 is 16.2 Å². The zero-order valence-electron chi connectivity index (χ0n) is 12.9. The van der Waals surface area contributed by atoms with Gasteiger partial charge < -0.3 is 15.6 Å². The molecule has 2 aromatic heterocycles. The predicted octanol–water partition coefficient (Wildman–Crippen LogP) is 0.997. The number of anilines is 1. The Hall–Kier alpha value is -2.70. The van der Waals surface area contributed by atoms with Gasteiger partial charge in [0.2, 0.25) is 5.91 Å². The molecule has 7 nitrogen and oxygen atoms in total. The summed E-state index contributed by atoms with van der Waals surface area (Å²) in [5.41, 5.74) is 1.86. The second-order valence-corrected chi connectivity index (χ2v) is 4.86. The highest BCUT2D eigenvalue weighted by atomic mass is 16.2. The molecule has 7 heteroatoms. The van der Waals surface area contributed by atoms with Crippen LogP contribution >= 0.6 is 0 Å². The van der Waals surface area contributed by atoms with Crippen LogP contribution in [0.2, 0.25) is 0 Å². The lowest BCUT2D eigenvalue weighted by Crippen LogP contribution is -2.29. The van der Waals surface area contributed by atoms with E-state index in [1.165, 1.54) is 0 Å². The van der Waals surface area contributed by atoms with Gasteiger partial charge in [-0.3, -0.25) is 9.59 Å². The molecule has 0 unspecified atom stereocenters. The highest BCUT2D eigenvalue weighted by Crippen LogP contribution is 2.15. The second kappa shape index (κ2) is 6.84. The highest BCUT2D eigenvalue weighted by Gasteiger charge is 2.07. The van der Waals surface area contributed by atoms with Crippen LogP contribution in [0.5, 0.6) is 0 Å². The maximum absolute atomic E-state index is 11.8. The van der Waals surface area contributed by atoms with Crippen LogP contribution in [0.3, 0.4) is 0 Å². The summed E-state index contributed by atoms with van der Waals surface area (Å²) in [7, 11) is 0. The molecule has 0 spiro atoms. The van der Waals surface area contributed by atoms with Crippen molar-refractivity contribution in [2.45, 2.75) is 20.8 Å². The molecule has 0 saturated carbocycles. The minimum absolute atomic E-state index is 0.0893. The van der Waals surface area contributed by atoms with Gasteiger partial charge in [0.15, 0.2) is 0 Å². The van der Waals surface area contributed by atoms with Gasteiger partial charge in [-0.2, -0.15) is 0 Å². The summed E-state index contributed by atoms with van der Waals surface area (Å²) in [5, 5.41) is 5.62. The predicted molar refractivity (Wildman–Crippen MR) is 84.7 cm³/mol. The van der Waals surface area contributed by atoms with Gasteiger partial charge in [-0.25, -0.2) is 9.97 Å². The minimum Gasteiger partial charge on any atom is -0.361 e. The number of nitrogens with one attached hydrogen (secondary N) is 3. The molecule has 22 heavy (non-hydrogen) atoms. The number of carbonyl (C=O) groups is 1. The molecule has 0 atom stereocenters. The zero-order valence-corrected chi connectivity index (χ0v) is 12.9. The molecular weight excluding hydrogens is 282 g/mol. The summed E-state index contributed by atoms with van der Waals surface area (Å²) in [6, 6.07) is 3.53. The zero-order chi connectivity index (χ0) is 16.1. The summed E-state index contributed by atoms with van der Waals surface area (Å²) in [6.45, 7) is 6.15. The lowest BCUT2D eigenvalue weighted by molar-refractivity contribution is -0.119. The summed E-state index contributed by atoms with van der Waals surface area (Å²) in [5.74, 6) is 0.977. The first kappa shape index (κ1) is 15.7. The minimum atomic E-state index is -0.152. The molecule has 0 fully saturated rings. The number of rotatable bonds is 5. The number of likely N-dealkylation sites (N-methyl/N-ethyl adjacent to an activating group) is 1. The van der Waals surface area contributed by atoms with E-state index >= 15 is 0 Å². The largest absolute Gasteiger partial charge is 0.361 e. The topological polar surface area (TPSA) is 99.8 Å². The number of aryl methyl sites for hydroxylation is 1. The van der Waals surface area contributed by atoms with E-state index in [0.717, 1.165) is 0 Å². The quantitative estimate of drug-likeness (QED) is 0.765. The molecule has 3 N–H and O–H groups in total. The fourth-order valence-corrected chi connectivity index (χ4v) is 1.85. The van der Waals surface area contributed by atoms with Crippen molar-refractivity contribution in [3.05, 3.63) is 39.9 Å². The smallest absolute Gasteiger partial charge is 0.254 e. The number of aromatic nitrogens is 3.